The smallest absolute Gasteiger partial charge is 0.340 e. The lowest BCUT2D eigenvalue weighted by atomic mass is 9.70. The highest BCUT2D eigenvalue weighted by atomic mass is 79.9. The molecule has 2 aromatic rings. The number of carbonyl (C=O) groups excluding carboxylic acids is 3. The highest BCUT2D eigenvalue weighted by molar-refractivity contribution is 9.10. The number of Topliss-reactive ketones (excluding diaryl/α,β-unsaturated/α-hetero) is 1. The third-order valence-electron chi connectivity index (χ3n) is 6.84. The molecule has 0 fully saturated rings. The van der Waals surface area contributed by atoms with Gasteiger partial charge >= 0.3 is 5.97 Å². The van der Waals surface area contributed by atoms with E-state index in [2.05, 4.69) is 21.2 Å². The van der Waals surface area contributed by atoms with Gasteiger partial charge in [0.05, 0.1) is 12.5 Å². The number of nitrogens with one attached hydrogen (secondary N) is 1. The Morgan fingerprint density at radius 3 is 2.51 bits per heavy atom. The van der Waals surface area contributed by atoms with Crippen LogP contribution in [0.5, 0.6) is 5.75 Å². The maximum absolute atomic E-state index is 13.5. The topological polar surface area (TPSA) is 117 Å². The highest BCUT2D eigenvalue weighted by Crippen LogP contribution is 2.50. The van der Waals surface area contributed by atoms with E-state index in [1.807, 2.05) is 45.9 Å². The number of anilines is 1. The van der Waals surface area contributed by atoms with Crippen LogP contribution in [0.1, 0.15) is 56.2 Å². The number of aryl methyl sites for hydroxylation is 2. The molecule has 1 atom stereocenters. The van der Waals surface area contributed by atoms with Crippen molar-refractivity contribution >= 4 is 39.3 Å². The second-order valence-electron chi connectivity index (χ2n) is 10.6. The number of hydrogen-bond donors (Lipinski definition) is 2. The first kappa shape index (κ1) is 28.4. The SMILES string of the molecule is CCOC(=O)C1=C(N)OC2=C(C(=O)CC(C)(C)C2)C1c1cc(Br)ccc1OCC(=O)Nc1c(C)cccc1C. The molecule has 1 heterocycles. The van der Waals surface area contributed by atoms with Gasteiger partial charge in [0.1, 0.15) is 17.1 Å². The van der Waals surface area contributed by atoms with Crippen molar-refractivity contribution in [2.24, 2.45) is 11.1 Å². The lowest BCUT2D eigenvalue weighted by Gasteiger charge is -2.38. The molecule has 2 aliphatic rings. The van der Waals surface area contributed by atoms with Crippen LogP contribution in [0.25, 0.3) is 0 Å². The Kier molecular flexibility index (Phi) is 8.20. The molecule has 0 spiro atoms. The molecule has 1 amide bonds. The van der Waals surface area contributed by atoms with Gasteiger partial charge in [-0.15, -0.1) is 0 Å². The van der Waals surface area contributed by atoms with E-state index in [0.29, 0.717) is 33.5 Å². The van der Waals surface area contributed by atoms with E-state index in [1.165, 1.54) is 0 Å². The number of allylic oxidation sites excluding steroid dienone is 2. The van der Waals surface area contributed by atoms with E-state index >= 15 is 0 Å². The van der Waals surface area contributed by atoms with Gasteiger partial charge in [-0.3, -0.25) is 9.59 Å². The number of para-hydroxylation sites is 1. The zero-order valence-electron chi connectivity index (χ0n) is 22.8. The number of amides is 1. The fourth-order valence-corrected chi connectivity index (χ4v) is 5.49. The van der Waals surface area contributed by atoms with Crippen molar-refractivity contribution in [3.05, 3.63) is 80.3 Å². The van der Waals surface area contributed by atoms with Gasteiger partial charge in [-0.05, 0) is 55.5 Å². The van der Waals surface area contributed by atoms with Crippen LogP contribution >= 0.6 is 15.9 Å². The van der Waals surface area contributed by atoms with Crippen LogP contribution in [0, 0.1) is 19.3 Å². The minimum Gasteiger partial charge on any atom is -0.483 e. The van der Waals surface area contributed by atoms with Gasteiger partial charge in [-0.25, -0.2) is 4.79 Å². The van der Waals surface area contributed by atoms with E-state index in [0.717, 1.165) is 16.8 Å². The van der Waals surface area contributed by atoms with Crippen LogP contribution in [0.4, 0.5) is 5.69 Å². The van der Waals surface area contributed by atoms with Gasteiger partial charge in [-0.2, -0.15) is 0 Å². The van der Waals surface area contributed by atoms with Crippen LogP contribution in [0.15, 0.2) is 63.7 Å². The molecule has 0 aromatic heterocycles. The molecule has 0 radical (unpaired) electrons. The number of carbonyl (C=O) groups is 3. The summed E-state index contributed by atoms with van der Waals surface area (Å²) < 4.78 is 17.9. The molecular weight excluding hydrogens is 564 g/mol. The van der Waals surface area contributed by atoms with Gasteiger partial charge in [-0.1, -0.05) is 48.0 Å². The summed E-state index contributed by atoms with van der Waals surface area (Å²) in [5, 5.41) is 2.91. The molecule has 2 aromatic carbocycles. The van der Waals surface area contributed by atoms with Crippen LogP contribution < -0.4 is 15.8 Å². The summed E-state index contributed by atoms with van der Waals surface area (Å²) in [6.07, 6.45) is 0.758. The molecular formula is C30H33BrN2O6. The summed E-state index contributed by atoms with van der Waals surface area (Å²) in [6, 6.07) is 11.0. The predicted octanol–water partition coefficient (Wildman–Crippen LogP) is 5.57. The highest BCUT2D eigenvalue weighted by Gasteiger charge is 2.46. The number of esters is 1. The maximum atomic E-state index is 13.5. The van der Waals surface area contributed by atoms with Crippen molar-refractivity contribution in [2.45, 2.75) is 53.4 Å². The monoisotopic (exact) mass is 596 g/mol. The quantitative estimate of drug-likeness (QED) is 0.401. The summed E-state index contributed by atoms with van der Waals surface area (Å²) >= 11 is 3.50. The van der Waals surface area contributed by atoms with E-state index < -0.39 is 11.9 Å². The first-order valence-corrected chi connectivity index (χ1v) is 13.6. The summed E-state index contributed by atoms with van der Waals surface area (Å²) in [5.41, 5.74) is 9.47. The molecule has 4 rings (SSSR count). The molecule has 206 valence electrons. The van der Waals surface area contributed by atoms with Crippen molar-refractivity contribution < 1.29 is 28.6 Å². The van der Waals surface area contributed by atoms with Gasteiger partial charge in [0.2, 0.25) is 5.88 Å². The molecule has 1 aliphatic heterocycles. The summed E-state index contributed by atoms with van der Waals surface area (Å²) in [6.45, 7) is 9.33. The molecule has 0 saturated carbocycles. The van der Waals surface area contributed by atoms with Gasteiger partial charge in [0.15, 0.2) is 12.4 Å². The molecule has 9 heteroatoms. The number of halogens is 1. The van der Waals surface area contributed by atoms with Crippen LogP contribution in [-0.2, 0) is 23.9 Å². The van der Waals surface area contributed by atoms with Gasteiger partial charge in [0, 0.05) is 34.1 Å². The van der Waals surface area contributed by atoms with E-state index in [4.69, 9.17) is 19.9 Å². The van der Waals surface area contributed by atoms with Crippen molar-refractivity contribution in [3.8, 4) is 5.75 Å². The Hall–Kier alpha value is -3.59. The fraction of sp³-hybridized carbons (Fsp3) is 0.367. The number of hydrogen-bond acceptors (Lipinski definition) is 7. The summed E-state index contributed by atoms with van der Waals surface area (Å²) in [5.74, 6) is -1.38. The zero-order valence-corrected chi connectivity index (χ0v) is 24.4. The first-order valence-electron chi connectivity index (χ1n) is 12.8. The van der Waals surface area contributed by atoms with Crippen molar-refractivity contribution in [3.63, 3.8) is 0 Å². The Labute approximate surface area is 236 Å². The third-order valence-corrected chi connectivity index (χ3v) is 7.33. The minimum absolute atomic E-state index is 0.0339. The normalized spacial score (nSPS) is 18.3. The van der Waals surface area contributed by atoms with Crippen molar-refractivity contribution in [2.75, 3.05) is 18.5 Å². The Bertz CT molecular complexity index is 1390. The molecule has 0 bridgehead atoms. The Balaban J connectivity index is 1.74. The molecule has 8 nitrogen and oxygen atoms in total. The number of ether oxygens (including phenoxy) is 3. The first-order chi connectivity index (χ1) is 18.4. The maximum Gasteiger partial charge on any atom is 0.340 e. The lowest BCUT2D eigenvalue weighted by Crippen LogP contribution is -2.36. The van der Waals surface area contributed by atoms with E-state index in [1.54, 1.807) is 25.1 Å². The fourth-order valence-electron chi connectivity index (χ4n) is 5.11. The summed E-state index contributed by atoms with van der Waals surface area (Å²) in [4.78, 5) is 39.5. The number of ketones is 1. The Morgan fingerprint density at radius 2 is 1.85 bits per heavy atom. The average molecular weight is 598 g/mol. The van der Waals surface area contributed by atoms with E-state index in [9.17, 15) is 14.4 Å². The average Bonchev–Trinajstić information content (AvgIpc) is 2.84. The second kappa shape index (κ2) is 11.3. The van der Waals surface area contributed by atoms with Gasteiger partial charge in [0.25, 0.3) is 5.91 Å². The standard InChI is InChI=1S/C30H33BrN2O6/c1-6-37-29(36)26-24(25-20(34)13-30(4,5)14-22(25)39-28(26)32)19-12-18(31)10-11-21(19)38-15-23(35)33-27-16(2)8-7-9-17(27)3/h7-12,24H,6,13-15,32H2,1-5H3,(H,33,35). The van der Waals surface area contributed by atoms with Crippen LogP contribution in [0.3, 0.4) is 0 Å². The molecule has 39 heavy (non-hydrogen) atoms. The summed E-state index contributed by atoms with van der Waals surface area (Å²) in [7, 11) is 0. The van der Waals surface area contributed by atoms with E-state index in [-0.39, 0.29) is 48.2 Å². The number of rotatable bonds is 7. The number of nitrogens with two attached hydrogens (primary N) is 1. The van der Waals surface area contributed by atoms with Crippen molar-refractivity contribution in [1.82, 2.24) is 0 Å². The zero-order chi connectivity index (χ0) is 28.5. The molecule has 1 unspecified atom stereocenters. The van der Waals surface area contributed by atoms with Gasteiger partial charge < -0.3 is 25.3 Å². The van der Waals surface area contributed by atoms with Crippen molar-refractivity contribution in [1.29, 1.82) is 0 Å². The third kappa shape index (κ3) is 6.03. The van der Waals surface area contributed by atoms with Crippen LogP contribution in [0.2, 0.25) is 0 Å². The largest absolute Gasteiger partial charge is 0.483 e. The molecule has 3 N–H and O–H groups in total. The minimum atomic E-state index is -0.884. The molecule has 0 saturated heterocycles. The van der Waals surface area contributed by atoms with Crippen LogP contribution in [-0.4, -0.2) is 30.9 Å². The lowest BCUT2D eigenvalue weighted by molar-refractivity contribution is -0.139. The number of benzene rings is 2. The molecule has 1 aliphatic carbocycles. The predicted molar refractivity (Wildman–Crippen MR) is 151 cm³/mol. The second-order valence-corrected chi connectivity index (χ2v) is 11.5. The Morgan fingerprint density at radius 1 is 1.15 bits per heavy atom.